The molecule has 1 atom stereocenters. The molecule has 6 rings (SSSR count). The molecule has 0 saturated carbocycles. The lowest BCUT2D eigenvalue weighted by Crippen LogP contribution is -2.22. The summed E-state index contributed by atoms with van der Waals surface area (Å²) in [5, 5.41) is 9.87. The summed E-state index contributed by atoms with van der Waals surface area (Å²) in [6, 6.07) is 16.2. The van der Waals surface area contributed by atoms with Crippen LogP contribution in [0.25, 0.3) is 33.7 Å². The van der Waals surface area contributed by atoms with Gasteiger partial charge in [0.2, 0.25) is 0 Å². The number of likely N-dealkylation sites (tertiary alicyclic amines) is 1. The van der Waals surface area contributed by atoms with Crippen molar-refractivity contribution in [1.82, 2.24) is 23.4 Å². The minimum Gasteiger partial charge on any atom is -0.458 e. The number of rotatable bonds is 5. The molecule has 4 aromatic heterocycles. The highest BCUT2D eigenvalue weighted by molar-refractivity contribution is 7.90. The number of pyridine rings is 1. The maximum absolute atomic E-state index is 13.4. The number of furan rings is 1. The van der Waals surface area contributed by atoms with Crippen molar-refractivity contribution in [3.05, 3.63) is 66.7 Å². The summed E-state index contributed by atoms with van der Waals surface area (Å²) < 4.78 is 36.0. The second-order valence-electron chi connectivity index (χ2n) is 8.71. The van der Waals surface area contributed by atoms with Gasteiger partial charge in [-0.25, -0.2) is 22.4 Å². The van der Waals surface area contributed by atoms with Crippen LogP contribution in [0, 0.1) is 18.3 Å². The van der Waals surface area contributed by atoms with E-state index in [-0.39, 0.29) is 10.9 Å². The zero-order valence-electron chi connectivity index (χ0n) is 19.0. The van der Waals surface area contributed by atoms with Crippen molar-refractivity contribution in [3.8, 4) is 17.7 Å². The van der Waals surface area contributed by atoms with Gasteiger partial charge in [-0.2, -0.15) is 5.26 Å². The summed E-state index contributed by atoms with van der Waals surface area (Å²) in [5.41, 5.74) is 1.82. The standard InChI is InChI=1S/C25H22N6O3S/c1-17-7-8-22(34-17)25-28-21-15-27-24-20(23(21)31(25)18-9-12-29(16-18)14-11-26)10-13-30(24)35(32,33)19-5-3-2-4-6-19/h2-8,10,13,15,18H,9,12,14,16H2,1H3. The van der Waals surface area contributed by atoms with Gasteiger partial charge in [0.15, 0.2) is 17.2 Å². The fourth-order valence-corrected chi connectivity index (χ4v) is 6.22. The van der Waals surface area contributed by atoms with Crippen LogP contribution in [0.4, 0.5) is 0 Å². The molecular weight excluding hydrogens is 464 g/mol. The first-order valence-electron chi connectivity index (χ1n) is 11.3. The number of hydrogen-bond donors (Lipinski definition) is 0. The van der Waals surface area contributed by atoms with Crippen molar-refractivity contribution >= 4 is 32.1 Å². The molecule has 1 aromatic carbocycles. The van der Waals surface area contributed by atoms with Crippen molar-refractivity contribution in [3.63, 3.8) is 0 Å². The van der Waals surface area contributed by atoms with Crippen LogP contribution in [0.5, 0.6) is 0 Å². The molecule has 35 heavy (non-hydrogen) atoms. The van der Waals surface area contributed by atoms with Crippen molar-refractivity contribution in [1.29, 1.82) is 5.26 Å². The predicted octanol–water partition coefficient (Wildman–Crippen LogP) is 3.96. The molecule has 5 aromatic rings. The maximum atomic E-state index is 13.4. The molecule has 0 amide bonds. The number of fused-ring (bicyclic) bond motifs is 3. The molecule has 0 spiro atoms. The SMILES string of the molecule is Cc1ccc(-c2nc3cnc4c(ccn4S(=O)(=O)c4ccccc4)c3n2C2CCN(CC#N)C2)o1. The number of aryl methyl sites for hydroxylation is 1. The summed E-state index contributed by atoms with van der Waals surface area (Å²) in [7, 11) is -3.82. The van der Waals surface area contributed by atoms with Crippen LogP contribution in [0.15, 0.2) is 70.2 Å². The van der Waals surface area contributed by atoms with Gasteiger partial charge in [-0.3, -0.25) is 4.90 Å². The van der Waals surface area contributed by atoms with Gasteiger partial charge in [0, 0.05) is 30.7 Å². The maximum Gasteiger partial charge on any atom is 0.269 e. The molecule has 10 heteroatoms. The third-order valence-corrected chi connectivity index (χ3v) is 8.18. The smallest absolute Gasteiger partial charge is 0.269 e. The predicted molar refractivity (Wildman–Crippen MR) is 130 cm³/mol. The minimum atomic E-state index is -3.82. The first-order chi connectivity index (χ1) is 17.0. The van der Waals surface area contributed by atoms with Crippen LogP contribution in [0.1, 0.15) is 18.2 Å². The normalized spacial score (nSPS) is 16.9. The fraction of sp³-hybridized carbons (Fsp3) is 0.240. The molecule has 1 unspecified atom stereocenters. The number of imidazole rings is 1. The molecule has 0 radical (unpaired) electrons. The Balaban J connectivity index is 1.59. The van der Waals surface area contributed by atoms with Crippen molar-refractivity contribution in [2.24, 2.45) is 0 Å². The van der Waals surface area contributed by atoms with Gasteiger partial charge in [0.05, 0.1) is 29.2 Å². The van der Waals surface area contributed by atoms with Crippen molar-refractivity contribution in [2.75, 3.05) is 19.6 Å². The lowest BCUT2D eigenvalue weighted by molar-refractivity contribution is 0.363. The second kappa shape index (κ2) is 8.08. The average Bonchev–Trinajstić information content (AvgIpc) is 3.64. The van der Waals surface area contributed by atoms with Gasteiger partial charge in [-0.1, -0.05) is 18.2 Å². The number of hydrogen-bond acceptors (Lipinski definition) is 7. The quantitative estimate of drug-likeness (QED) is 0.346. The third-order valence-electron chi connectivity index (χ3n) is 6.50. The Morgan fingerprint density at radius 2 is 2.00 bits per heavy atom. The molecule has 1 aliphatic rings. The van der Waals surface area contributed by atoms with Gasteiger partial charge >= 0.3 is 0 Å². The van der Waals surface area contributed by atoms with Crippen LogP contribution in [-0.4, -0.2) is 51.5 Å². The third kappa shape index (κ3) is 3.43. The van der Waals surface area contributed by atoms with E-state index >= 15 is 0 Å². The fourth-order valence-electron chi connectivity index (χ4n) is 4.90. The highest BCUT2D eigenvalue weighted by Gasteiger charge is 2.30. The van der Waals surface area contributed by atoms with E-state index in [0.29, 0.717) is 41.2 Å². The number of benzene rings is 1. The molecule has 1 fully saturated rings. The molecule has 0 bridgehead atoms. The van der Waals surface area contributed by atoms with Crippen LogP contribution in [-0.2, 0) is 10.0 Å². The molecule has 9 nitrogen and oxygen atoms in total. The summed E-state index contributed by atoms with van der Waals surface area (Å²) in [4.78, 5) is 11.7. The van der Waals surface area contributed by atoms with Crippen LogP contribution < -0.4 is 0 Å². The highest BCUT2D eigenvalue weighted by atomic mass is 32.2. The zero-order chi connectivity index (χ0) is 24.2. The van der Waals surface area contributed by atoms with Crippen molar-refractivity contribution < 1.29 is 12.8 Å². The van der Waals surface area contributed by atoms with E-state index in [1.54, 1.807) is 48.8 Å². The number of nitrogens with zero attached hydrogens (tertiary/aromatic N) is 6. The van der Waals surface area contributed by atoms with Crippen LogP contribution in [0.3, 0.4) is 0 Å². The summed E-state index contributed by atoms with van der Waals surface area (Å²) >= 11 is 0. The molecule has 176 valence electrons. The molecule has 1 saturated heterocycles. The van der Waals surface area contributed by atoms with E-state index in [2.05, 4.69) is 20.5 Å². The Labute approximate surface area is 201 Å². The van der Waals surface area contributed by atoms with Gasteiger partial charge in [0.25, 0.3) is 10.0 Å². The Morgan fingerprint density at radius 1 is 1.17 bits per heavy atom. The van der Waals surface area contributed by atoms with E-state index in [9.17, 15) is 13.7 Å². The second-order valence-corrected chi connectivity index (χ2v) is 10.5. The molecule has 1 aliphatic heterocycles. The number of aromatic nitrogens is 4. The van der Waals surface area contributed by atoms with E-state index in [4.69, 9.17) is 9.40 Å². The monoisotopic (exact) mass is 486 g/mol. The van der Waals surface area contributed by atoms with Gasteiger partial charge in [-0.15, -0.1) is 0 Å². The van der Waals surface area contributed by atoms with Gasteiger partial charge in [0.1, 0.15) is 11.3 Å². The van der Waals surface area contributed by atoms with Crippen molar-refractivity contribution in [2.45, 2.75) is 24.3 Å². The van der Waals surface area contributed by atoms with E-state index in [1.165, 1.54) is 3.97 Å². The van der Waals surface area contributed by atoms with E-state index in [1.807, 2.05) is 19.1 Å². The largest absolute Gasteiger partial charge is 0.458 e. The lowest BCUT2D eigenvalue weighted by atomic mass is 10.2. The summed E-state index contributed by atoms with van der Waals surface area (Å²) in [6.45, 7) is 3.74. The van der Waals surface area contributed by atoms with Crippen LogP contribution >= 0.6 is 0 Å². The Kier molecular flexibility index (Phi) is 4.98. The van der Waals surface area contributed by atoms with E-state index < -0.39 is 10.0 Å². The van der Waals surface area contributed by atoms with Gasteiger partial charge < -0.3 is 8.98 Å². The lowest BCUT2D eigenvalue weighted by Gasteiger charge is -2.17. The first kappa shape index (κ1) is 21.6. The van der Waals surface area contributed by atoms with Gasteiger partial charge in [-0.05, 0) is 43.7 Å². The minimum absolute atomic E-state index is 0.0495. The molecular formula is C25H22N6O3S. The molecule has 0 N–H and O–H groups in total. The van der Waals surface area contributed by atoms with Crippen LogP contribution in [0.2, 0.25) is 0 Å². The Hall–Kier alpha value is -3.94. The molecule has 0 aliphatic carbocycles. The Morgan fingerprint density at radius 3 is 2.74 bits per heavy atom. The molecule has 5 heterocycles. The summed E-state index contributed by atoms with van der Waals surface area (Å²) in [5.74, 6) is 2.09. The topological polar surface area (TPSA) is 110 Å². The Bertz CT molecular complexity index is 1710. The highest BCUT2D eigenvalue weighted by Crippen LogP contribution is 2.37. The zero-order valence-corrected chi connectivity index (χ0v) is 19.8. The van der Waals surface area contributed by atoms with E-state index in [0.717, 1.165) is 24.2 Å². The summed E-state index contributed by atoms with van der Waals surface area (Å²) in [6.07, 6.45) is 4.00. The number of nitriles is 1. The average molecular weight is 487 g/mol. The first-order valence-corrected chi connectivity index (χ1v) is 12.8.